The maximum absolute atomic E-state index is 13.6. The Morgan fingerprint density at radius 3 is 2.32 bits per heavy atom. The topological polar surface area (TPSA) is 0 Å². The number of benzene rings is 2. The van der Waals surface area contributed by atoms with Crippen molar-refractivity contribution in [3.63, 3.8) is 0 Å². The number of rotatable bonds is 3. The van der Waals surface area contributed by atoms with Gasteiger partial charge >= 0.3 is 0 Å². The van der Waals surface area contributed by atoms with Crippen molar-refractivity contribution >= 4 is 6.08 Å². The summed E-state index contributed by atoms with van der Waals surface area (Å²) < 4.78 is 26.5. The summed E-state index contributed by atoms with van der Waals surface area (Å²) in [4.78, 5) is 0. The van der Waals surface area contributed by atoms with Crippen LogP contribution in [0.15, 0.2) is 48.5 Å². The second-order valence-electron chi connectivity index (χ2n) is 4.94. The summed E-state index contributed by atoms with van der Waals surface area (Å²) in [5.74, 6) is -0.333. The predicted octanol–water partition coefficient (Wildman–Crippen LogP) is 5.06. The van der Waals surface area contributed by atoms with Crippen LogP contribution in [0.1, 0.15) is 18.4 Å². The fraction of sp³-hybridized carbons (Fsp3) is 0.176. The molecule has 0 nitrogen and oxygen atoms in total. The first-order valence-corrected chi connectivity index (χ1v) is 6.46. The molecule has 0 aromatic heterocycles. The molecule has 96 valence electrons. The van der Waals surface area contributed by atoms with Crippen molar-refractivity contribution in [2.75, 3.05) is 0 Å². The summed E-state index contributed by atoms with van der Waals surface area (Å²) in [7, 11) is 0. The van der Waals surface area contributed by atoms with Gasteiger partial charge in [0.1, 0.15) is 11.6 Å². The van der Waals surface area contributed by atoms with Crippen molar-refractivity contribution in [3.8, 4) is 11.1 Å². The second-order valence-corrected chi connectivity index (χ2v) is 4.94. The van der Waals surface area contributed by atoms with Crippen LogP contribution >= 0.6 is 0 Å². The van der Waals surface area contributed by atoms with Gasteiger partial charge in [-0.1, -0.05) is 36.4 Å². The zero-order valence-electron chi connectivity index (χ0n) is 10.4. The van der Waals surface area contributed by atoms with Crippen LogP contribution in [-0.2, 0) is 0 Å². The van der Waals surface area contributed by atoms with Gasteiger partial charge in [0.2, 0.25) is 0 Å². The van der Waals surface area contributed by atoms with Gasteiger partial charge in [-0.3, -0.25) is 0 Å². The van der Waals surface area contributed by atoms with Gasteiger partial charge in [0.15, 0.2) is 0 Å². The number of hydrogen-bond donors (Lipinski definition) is 0. The molecule has 2 heteroatoms. The molecule has 2 aromatic rings. The quantitative estimate of drug-likeness (QED) is 0.720. The highest BCUT2D eigenvalue weighted by molar-refractivity contribution is 5.66. The monoisotopic (exact) mass is 256 g/mol. The minimum Gasteiger partial charge on any atom is -0.207 e. The van der Waals surface area contributed by atoms with E-state index < -0.39 is 11.6 Å². The lowest BCUT2D eigenvalue weighted by molar-refractivity contribution is 0.585. The van der Waals surface area contributed by atoms with Crippen LogP contribution in [-0.4, -0.2) is 0 Å². The summed E-state index contributed by atoms with van der Waals surface area (Å²) in [6, 6.07) is 11.3. The van der Waals surface area contributed by atoms with Gasteiger partial charge in [-0.15, -0.1) is 0 Å². The second kappa shape index (κ2) is 4.96. The van der Waals surface area contributed by atoms with E-state index >= 15 is 0 Å². The van der Waals surface area contributed by atoms with Gasteiger partial charge in [-0.2, -0.15) is 0 Å². The van der Waals surface area contributed by atoms with E-state index in [0.717, 1.165) is 23.1 Å². The standard InChI is InChI=1S/C17H14F2/c18-15-9-10-16(17(19)11-15)14-7-5-13(6-8-14)4-3-12-1-2-12/h3-12H,1-2H2/b4-3+. The Labute approximate surface area is 111 Å². The Bertz CT molecular complexity index is 608. The summed E-state index contributed by atoms with van der Waals surface area (Å²) in [6.45, 7) is 0. The van der Waals surface area contributed by atoms with Gasteiger partial charge in [-0.05, 0) is 42.0 Å². The normalized spacial score (nSPS) is 15.1. The molecule has 0 unspecified atom stereocenters. The molecule has 1 fully saturated rings. The Morgan fingerprint density at radius 2 is 1.68 bits per heavy atom. The molecule has 0 bridgehead atoms. The first kappa shape index (κ1) is 12.1. The zero-order chi connectivity index (χ0) is 13.2. The fourth-order valence-corrected chi connectivity index (χ4v) is 2.03. The largest absolute Gasteiger partial charge is 0.207 e. The van der Waals surface area contributed by atoms with Gasteiger partial charge < -0.3 is 0 Å². The molecule has 3 rings (SSSR count). The lowest BCUT2D eigenvalue weighted by Crippen LogP contribution is -1.86. The van der Waals surface area contributed by atoms with Crippen molar-refractivity contribution in [1.82, 2.24) is 0 Å². The minimum absolute atomic E-state index is 0.430. The molecular weight excluding hydrogens is 242 g/mol. The molecule has 0 heterocycles. The lowest BCUT2D eigenvalue weighted by Gasteiger charge is -2.04. The molecular formula is C17H14F2. The maximum Gasteiger partial charge on any atom is 0.133 e. The van der Waals surface area contributed by atoms with E-state index in [0.29, 0.717) is 5.56 Å². The van der Waals surface area contributed by atoms with Crippen molar-refractivity contribution in [2.45, 2.75) is 12.8 Å². The van der Waals surface area contributed by atoms with E-state index in [2.05, 4.69) is 12.2 Å². The van der Waals surface area contributed by atoms with Crippen LogP contribution in [0.2, 0.25) is 0 Å². The fourth-order valence-electron chi connectivity index (χ4n) is 2.03. The molecule has 2 aromatic carbocycles. The Hall–Kier alpha value is -1.96. The molecule has 0 N–H and O–H groups in total. The van der Waals surface area contributed by atoms with E-state index in [1.807, 2.05) is 24.3 Å². The summed E-state index contributed by atoms with van der Waals surface area (Å²) in [5.41, 5.74) is 2.30. The Morgan fingerprint density at radius 1 is 0.947 bits per heavy atom. The Balaban J connectivity index is 1.84. The summed E-state index contributed by atoms with van der Waals surface area (Å²) in [5, 5.41) is 0. The highest BCUT2D eigenvalue weighted by Crippen LogP contribution is 2.31. The maximum atomic E-state index is 13.6. The number of halogens is 2. The molecule has 0 spiro atoms. The van der Waals surface area contributed by atoms with E-state index in [4.69, 9.17) is 0 Å². The van der Waals surface area contributed by atoms with Gasteiger partial charge in [0.25, 0.3) is 0 Å². The molecule has 1 aliphatic carbocycles. The molecule has 0 saturated heterocycles. The molecule has 0 amide bonds. The van der Waals surface area contributed by atoms with Crippen LogP contribution in [0, 0.1) is 17.6 Å². The molecule has 0 atom stereocenters. The average molecular weight is 256 g/mol. The first-order valence-electron chi connectivity index (χ1n) is 6.46. The third-order valence-corrected chi connectivity index (χ3v) is 3.34. The van der Waals surface area contributed by atoms with Crippen LogP contribution in [0.3, 0.4) is 0 Å². The third-order valence-electron chi connectivity index (χ3n) is 3.34. The van der Waals surface area contributed by atoms with Gasteiger partial charge in [0, 0.05) is 11.6 Å². The summed E-state index contributed by atoms with van der Waals surface area (Å²) in [6.07, 6.45) is 6.89. The highest BCUT2D eigenvalue weighted by atomic mass is 19.1. The number of allylic oxidation sites excluding steroid dienone is 1. The predicted molar refractivity (Wildman–Crippen MR) is 73.6 cm³/mol. The SMILES string of the molecule is Fc1ccc(-c2ccc(/C=C/C3CC3)cc2)c(F)c1. The molecule has 0 aliphatic heterocycles. The first-order chi connectivity index (χ1) is 9.22. The van der Waals surface area contributed by atoms with E-state index in [9.17, 15) is 8.78 Å². The van der Waals surface area contributed by atoms with Crippen LogP contribution in [0.4, 0.5) is 8.78 Å². The number of hydrogen-bond acceptors (Lipinski definition) is 0. The molecule has 1 aliphatic rings. The summed E-state index contributed by atoms with van der Waals surface area (Å²) >= 11 is 0. The molecule has 1 saturated carbocycles. The Kier molecular flexibility index (Phi) is 3.16. The van der Waals surface area contributed by atoms with Crippen molar-refractivity contribution < 1.29 is 8.78 Å². The van der Waals surface area contributed by atoms with Crippen LogP contribution in [0.25, 0.3) is 17.2 Å². The van der Waals surface area contributed by atoms with Crippen molar-refractivity contribution in [3.05, 3.63) is 65.7 Å². The van der Waals surface area contributed by atoms with Crippen LogP contribution < -0.4 is 0 Å². The smallest absolute Gasteiger partial charge is 0.133 e. The van der Waals surface area contributed by atoms with Crippen molar-refractivity contribution in [1.29, 1.82) is 0 Å². The molecule has 19 heavy (non-hydrogen) atoms. The van der Waals surface area contributed by atoms with E-state index in [1.54, 1.807) is 0 Å². The van der Waals surface area contributed by atoms with Gasteiger partial charge in [-0.25, -0.2) is 8.78 Å². The zero-order valence-corrected chi connectivity index (χ0v) is 10.4. The lowest BCUT2D eigenvalue weighted by atomic mass is 10.0. The van der Waals surface area contributed by atoms with E-state index in [1.165, 1.54) is 25.0 Å². The third kappa shape index (κ3) is 2.90. The minimum atomic E-state index is -0.551. The van der Waals surface area contributed by atoms with Gasteiger partial charge in [0.05, 0.1) is 0 Å². The average Bonchev–Trinajstić information content (AvgIpc) is 3.21. The van der Waals surface area contributed by atoms with E-state index in [-0.39, 0.29) is 0 Å². The van der Waals surface area contributed by atoms with Crippen molar-refractivity contribution in [2.24, 2.45) is 5.92 Å². The molecule has 0 radical (unpaired) electrons. The highest BCUT2D eigenvalue weighted by Gasteiger charge is 2.16. The van der Waals surface area contributed by atoms with Crippen LogP contribution in [0.5, 0.6) is 0 Å².